The van der Waals surface area contributed by atoms with Gasteiger partial charge in [0.1, 0.15) is 23.4 Å². The number of benzene rings is 3. The molecule has 1 fully saturated rings. The normalized spacial score (nSPS) is 14.1. The average Bonchev–Trinajstić information content (AvgIpc) is 2.96. The molecule has 0 bridgehead atoms. The van der Waals surface area contributed by atoms with Crippen LogP contribution in [0.1, 0.15) is 43.7 Å². The van der Waals surface area contributed by atoms with Crippen LogP contribution in [0.3, 0.4) is 0 Å². The lowest BCUT2D eigenvalue weighted by Gasteiger charge is -2.34. The van der Waals surface area contributed by atoms with Crippen molar-refractivity contribution in [2.45, 2.75) is 45.2 Å². The number of unbranched alkanes of at least 4 members (excludes halogenated alkanes) is 1. The zero-order chi connectivity index (χ0) is 30.1. The predicted molar refractivity (Wildman–Crippen MR) is 162 cm³/mol. The number of nitriles is 1. The molecule has 3 aromatic rings. The first-order chi connectivity index (χ1) is 20.1. The van der Waals surface area contributed by atoms with Crippen LogP contribution in [0.4, 0.5) is 20.6 Å². The summed E-state index contributed by atoms with van der Waals surface area (Å²) in [6.07, 6.45) is 4.42. The summed E-state index contributed by atoms with van der Waals surface area (Å²) in [4.78, 5) is 17.1. The molecule has 0 saturated carbocycles. The quantitative estimate of drug-likeness (QED) is 0.289. The second kappa shape index (κ2) is 14.2. The van der Waals surface area contributed by atoms with Crippen LogP contribution in [0.5, 0.6) is 11.5 Å². The Morgan fingerprint density at radius 3 is 2.31 bits per heavy atom. The van der Waals surface area contributed by atoms with Crippen molar-refractivity contribution in [2.24, 2.45) is 0 Å². The van der Waals surface area contributed by atoms with Crippen LogP contribution < -0.4 is 19.7 Å². The van der Waals surface area contributed by atoms with E-state index in [1.165, 1.54) is 12.1 Å². The van der Waals surface area contributed by atoms with Crippen molar-refractivity contribution in [1.29, 1.82) is 5.26 Å². The first-order valence-corrected chi connectivity index (χ1v) is 15.9. The molecule has 222 valence electrons. The van der Waals surface area contributed by atoms with Gasteiger partial charge in [0.05, 0.1) is 11.8 Å². The number of amides is 2. The number of halogens is 1. The minimum atomic E-state index is -3.33. The van der Waals surface area contributed by atoms with E-state index in [9.17, 15) is 22.9 Å². The van der Waals surface area contributed by atoms with Gasteiger partial charge in [0.25, 0.3) is 0 Å². The molecular weight excluding hydrogens is 557 g/mol. The zero-order valence-electron chi connectivity index (χ0n) is 23.8. The first-order valence-electron chi connectivity index (χ1n) is 14.0. The van der Waals surface area contributed by atoms with Crippen molar-refractivity contribution in [2.75, 3.05) is 35.5 Å². The maximum atomic E-state index is 13.8. The molecule has 1 aliphatic rings. The fourth-order valence-electron chi connectivity index (χ4n) is 4.78. The van der Waals surface area contributed by atoms with E-state index >= 15 is 0 Å². The minimum absolute atomic E-state index is 0.0311. The zero-order valence-corrected chi connectivity index (χ0v) is 24.7. The summed E-state index contributed by atoms with van der Waals surface area (Å²) in [5, 5.41) is 12.3. The Morgan fingerprint density at radius 1 is 1.07 bits per heavy atom. The Morgan fingerprint density at radius 2 is 1.71 bits per heavy atom. The van der Waals surface area contributed by atoms with E-state index in [0.29, 0.717) is 29.4 Å². The van der Waals surface area contributed by atoms with Gasteiger partial charge >= 0.3 is 6.03 Å². The summed E-state index contributed by atoms with van der Waals surface area (Å²) in [5.41, 5.74) is 2.06. The van der Waals surface area contributed by atoms with Gasteiger partial charge in [-0.05, 0) is 79.4 Å². The summed E-state index contributed by atoms with van der Waals surface area (Å²) in [6.45, 7) is 4.98. The highest BCUT2D eigenvalue weighted by Crippen LogP contribution is 2.25. The van der Waals surface area contributed by atoms with Crippen molar-refractivity contribution >= 4 is 27.4 Å². The van der Waals surface area contributed by atoms with Crippen LogP contribution in [0.15, 0.2) is 66.7 Å². The Labute approximate surface area is 246 Å². The molecule has 2 N–H and O–H groups in total. The number of urea groups is 1. The van der Waals surface area contributed by atoms with Gasteiger partial charge in [-0.3, -0.25) is 14.5 Å². The molecular formula is C31H36FN5O4S. The molecule has 0 spiro atoms. The number of nitrogens with zero attached hydrogens (tertiary/aromatic N) is 3. The minimum Gasteiger partial charge on any atom is -0.457 e. The second-order valence-electron chi connectivity index (χ2n) is 10.4. The molecule has 2 amide bonds. The van der Waals surface area contributed by atoms with Gasteiger partial charge < -0.3 is 10.1 Å². The number of anilines is 2. The van der Waals surface area contributed by atoms with Crippen LogP contribution in [-0.4, -0.2) is 51.3 Å². The number of carbonyl (C=O) groups is 1. The summed E-state index contributed by atoms with van der Waals surface area (Å²) >= 11 is 0. The van der Waals surface area contributed by atoms with E-state index in [1.54, 1.807) is 35.2 Å². The SMILES string of the molecule is CCCCN(C(=O)NC1CCN(Cc2ccc(Oc3ccc(NS(C)(=O)=O)cc3)cc2)CC1)c1ccc(F)c(C#N)c1. The monoisotopic (exact) mass is 593 g/mol. The maximum absolute atomic E-state index is 13.8. The standard InChI is InChI=1S/C31H36FN5O4S/c1-3-4-17-37(27-9-14-30(32)24(20-27)21-33)31(38)34-25-15-18-36(19-16-25)22-23-5-10-28(11-6-23)41-29-12-7-26(8-13-29)35-42(2,39)40/h5-14,20,25,35H,3-4,15-19,22H2,1-2H3,(H,34,38). The van der Waals surface area contributed by atoms with Gasteiger partial charge in [0.2, 0.25) is 10.0 Å². The molecule has 9 nitrogen and oxygen atoms in total. The fourth-order valence-corrected chi connectivity index (χ4v) is 5.35. The third-order valence-electron chi connectivity index (χ3n) is 7.00. The van der Waals surface area contributed by atoms with Crippen molar-refractivity contribution in [1.82, 2.24) is 10.2 Å². The fraction of sp³-hybridized carbons (Fsp3) is 0.355. The van der Waals surface area contributed by atoms with Crippen molar-refractivity contribution in [3.63, 3.8) is 0 Å². The molecule has 0 aliphatic carbocycles. The Balaban J connectivity index is 1.26. The molecule has 3 aromatic carbocycles. The first kappa shape index (κ1) is 30.8. The van der Waals surface area contributed by atoms with E-state index in [0.717, 1.165) is 57.1 Å². The van der Waals surface area contributed by atoms with Crippen molar-refractivity contribution in [3.05, 3.63) is 83.7 Å². The largest absolute Gasteiger partial charge is 0.457 e. The molecule has 42 heavy (non-hydrogen) atoms. The summed E-state index contributed by atoms with van der Waals surface area (Å²) in [7, 11) is -3.33. The van der Waals surface area contributed by atoms with Gasteiger partial charge in [-0.25, -0.2) is 17.6 Å². The van der Waals surface area contributed by atoms with Gasteiger partial charge in [-0.1, -0.05) is 25.5 Å². The third kappa shape index (κ3) is 8.93. The number of nitrogens with one attached hydrogen (secondary N) is 2. The number of hydrogen-bond donors (Lipinski definition) is 2. The number of carbonyl (C=O) groups excluding carboxylic acids is 1. The summed E-state index contributed by atoms with van der Waals surface area (Å²) in [5.74, 6) is 0.687. The van der Waals surface area contributed by atoms with Gasteiger partial charge in [0, 0.05) is 43.6 Å². The van der Waals surface area contributed by atoms with E-state index < -0.39 is 15.8 Å². The lowest BCUT2D eigenvalue weighted by molar-refractivity contribution is 0.188. The van der Waals surface area contributed by atoms with E-state index in [1.807, 2.05) is 37.3 Å². The second-order valence-corrected chi connectivity index (χ2v) is 12.2. The number of ether oxygens (including phenoxy) is 1. The number of piperidine rings is 1. The van der Waals surface area contributed by atoms with Gasteiger partial charge in [-0.2, -0.15) is 5.26 Å². The highest BCUT2D eigenvalue weighted by atomic mass is 32.2. The van der Waals surface area contributed by atoms with Crippen LogP contribution in [0.25, 0.3) is 0 Å². The summed E-state index contributed by atoms with van der Waals surface area (Å²) in [6, 6.07) is 20.4. The van der Waals surface area contributed by atoms with E-state index in [2.05, 4.69) is 14.9 Å². The van der Waals surface area contributed by atoms with Gasteiger partial charge in [-0.15, -0.1) is 0 Å². The van der Waals surface area contributed by atoms with Crippen molar-refractivity contribution < 1.29 is 22.3 Å². The summed E-state index contributed by atoms with van der Waals surface area (Å²) < 4.78 is 44.9. The molecule has 4 rings (SSSR count). The molecule has 1 aliphatic heterocycles. The van der Waals surface area contributed by atoms with Crippen LogP contribution in [0.2, 0.25) is 0 Å². The molecule has 1 saturated heterocycles. The average molecular weight is 594 g/mol. The smallest absolute Gasteiger partial charge is 0.322 e. The predicted octanol–water partition coefficient (Wildman–Crippen LogP) is 5.84. The highest BCUT2D eigenvalue weighted by Gasteiger charge is 2.24. The lowest BCUT2D eigenvalue weighted by atomic mass is 10.0. The maximum Gasteiger partial charge on any atom is 0.322 e. The highest BCUT2D eigenvalue weighted by molar-refractivity contribution is 7.92. The van der Waals surface area contributed by atoms with Gasteiger partial charge in [0.15, 0.2) is 0 Å². The van der Waals surface area contributed by atoms with E-state index in [-0.39, 0.29) is 17.6 Å². The Kier molecular flexibility index (Phi) is 10.4. The molecule has 0 atom stereocenters. The van der Waals surface area contributed by atoms with E-state index in [4.69, 9.17) is 4.74 Å². The Hall–Kier alpha value is -4.14. The topological polar surface area (TPSA) is 115 Å². The molecule has 0 radical (unpaired) electrons. The molecule has 0 unspecified atom stereocenters. The third-order valence-corrected chi connectivity index (χ3v) is 7.61. The van der Waals surface area contributed by atoms with Crippen LogP contribution in [0, 0.1) is 17.1 Å². The van der Waals surface area contributed by atoms with Crippen LogP contribution in [-0.2, 0) is 16.6 Å². The molecule has 11 heteroatoms. The molecule has 0 aromatic heterocycles. The number of rotatable bonds is 11. The molecule has 1 heterocycles. The Bertz CT molecular complexity index is 1500. The number of likely N-dealkylation sites (tertiary alicyclic amines) is 1. The lowest BCUT2D eigenvalue weighted by Crippen LogP contribution is -2.49. The van der Waals surface area contributed by atoms with Crippen molar-refractivity contribution in [3.8, 4) is 17.6 Å². The van der Waals surface area contributed by atoms with Crippen LogP contribution >= 0.6 is 0 Å². The number of sulfonamides is 1. The number of hydrogen-bond acceptors (Lipinski definition) is 6.